The highest BCUT2D eigenvalue weighted by Crippen LogP contribution is 2.23. The molecular formula is C18H15ClN2O2. The van der Waals surface area contributed by atoms with Crippen LogP contribution >= 0.6 is 11.6 Å². The predicted molar refractivity (Wildman–Crippen MR) is 92.2 cm³/mol. The van der Waals surface area contributed by atoms with Crippen molar-refractivity contribution in [3.63, 3.8) is 0 Å². The number of carbonyl (C=O) groups is 2. The summed E-state index contributed by atoms with van der Waals surface area (Å²) < 4.78 is 0. The molecule has 0 saturated heterocycles. The highest BCUT2D eigenvalue weighted by molar-refractivity contribution is 6.48. The first-order valence-electron chi connectivity index (χ1n) is 7.15. The first kappa shape index (κ1) is 15.3. The lowest BCUT2D eigenvalue weighted by Crippen LogP contribution is -2.22. The number of rotatable bonds is 3. The van der Waals surface area contributed by atoms with Gasteiger partial charge in [-0.05, 0) is 49.2 Å². The Bertz CT molecular complexity index is 928. The largest absolute Gasteiger partial charge is 0.360 e. The van der Waals surface area contributed by atoms with Gasteiger partial charge < -0.3 is 10.3 Å². The van der Waals surface area contributed by atoms with E-state index in [1.54, 1.807) is 24.3 Å². The number of aromatic nitrogens is 1. The van der Waals surface area contributed by atoms with Gasteiger partial charge in [0.05, 0.1) is 5.56 Å². The Morgan fingerprint density at radius 3 is 2.57 bits per heavy atom. The molecule has 2 aromatic carbocycles. The smallest absolute Gasteiger partial charge is 0.296 e. The minimum absolute atomic E-state index is 0.331. The Balaban J connectivity index is 1.86. The van der Waals surface area contributed by atoms with Gasteiger partial charge >= 0.3 is 0 Å². The van der Waals surface area contributed by atoms with Crippen molar-refractivity contribution >= 4 is 39.9 Å². The molecule has 5 heteroatoms. The second-order valence-electron chi connectivity index (χ2n) is 5.47. The summed E-state index contributed by atoms with van der Waals surface area (Å²) in [5.41, 5.74) is 3.84. The summed E-state index contributed by atoms with van der Waals surface area (Å²) in [5, 5.41) is 3.89. The Morgan fingerprint density at radius 1 is 1.04 bits per heavy atom. The maximum Gasteiger partial charge on any atom is 0.296 e. The number of anilines is 1. The molecule has 0 unspecified atom stereocenters. The molecule has 4 nitrogen and oxygen atoms in total. The molecule has 0 aliphatic rings. The van der Waals surface area contributed by atoms with Gasteiger partial charge in [-0.2, -0.15) is 0 Å². The van der Waals surface area contributed by atoms with Gasteiger partial charge in [0.2, 0.25) is 0 Å². The van der Waals surface area contributed by atoms with E-state index in [-0.39, 0.29) is 0 Å². The molecule has 0 atom stereocenters. The zero-order valence-corrected chi connectivity index (χ0v) is 13.5. The number of carbonyl (C=O) groups excluding carboxylic acids is 2. The van der Waals surface area contributed by atoms with Crippen LogP contribution in [0, 0.1) is 13.8 Å². The molecule has 2 N–H and O–H groups in total. The number of ketones is 1. The molecule has 0 fully saturated rings. The third-order valence-electron chi connectivity index (χ3n) is 3.86. The molecular weight excluding hydrogens is 312 g/mol. The van der Waals surface area contributed by atoms with E-state index in [9.17, 15) is 9.59 Å². The van der Waals surface area contributed by atoms with Crippen molar-refractivity contribution in [1.82, 2.24) is 4.98 Å². The predicted octanol–water partition coefficient (Wildman–Crippen LogP) is 4.26. The van der Waals surface area contributed by atoms with E-state index in [4.69, 9.17) is 11.6 Å². The highest BCUT2D eigenvalue weighted by atomic mass is 35.5. The Morgan fingerprint density at radius 2 is 1.83 bits per heavy atom. The second kappa shape index (κ2) is 5.89. The lowest BCUT2D eigenvalue weighted by Gasteiger charge is -2.07. The van der Waals surface area contributed by atoms with Crippen molar-refractivity contribution in [3.8, 4) is 0 Å². The molecule has 3 rings (SSSR count). The minimum Gasteiger partial charge on any atom is -0.360 e. The molecule has 1 aromatic heterocycles. The maximum absolute atomic E-state index is 12.4. The molecule has 116 valence electrons. The number of nitrogens with one attached hydrogen (secondary N) is 2. The number of aryl methyl sites for hydroxylation is 2. The molecule has 0 aliphatic carbocycles. The van der Waals surface area contributed by atoms with Crippen LogP contribution in [0.2, 0.25) is 5.02 Å². The number of benzene rings is 2. The molecule has 0 radical (unpaired) electrons. The van der Waals surface area contributed by atoms with Gasteiger partial charge in [0.15, 0.2) is 0 Å². The van der Waals surface area contributed by atoms with Crippen LogP contribution in [0.4, 0.5) is 5.69 Å². The summed E-state index contributed by atoms with van der Waals surface area (Å²) in [6.45, 7) is 3.94. The molecule has 0 aliphatic heterocycles. The van der Waals surface area contributed by atoms with Gasteiger partial charge in [-0.25, -0.2) is 0 Å². The Kier molecular flexibility index (Phi) is 3.92. The second-order valence-corrected chi connectivity index (χ2v) is 5.91. The SMILES string of the molecule is Cc1ccc(NC(=O)C(=O)c2c[nH]c3cc(Cl)ccc23)cc1C. The van der Waals surface area contributed by atoms with Crippen LogP contribution in [-0.4, -0.2) is 16.7 Å². The molecule has 0 spiro atoms. The number of hydrogen-bond donors (Lipinski definition) is 2. The Labute approximate surface area is 138 Å². The fourth-order valence-corrected chi connectivity index (χ4v) is 2.59. The fourth-order valence-electron chi connectivity index (χ4n) is 2.42. The molecule has 0 saturated carbocycles. The van der Waals surface area contributed by atoms with E-state index in [0.717, 1.165) is 16.6 Å². The van der Waals surface area contributed by atoms with Crippen LogP contribution in [0.3, 0.4) is 0 Å². The first-order valence-corrected chi connectivity index (χ1v) is 7.53. The van der Waals surface area contributed by atoms with Crippen LogP contribution in [0.1, 0.15) is 21.5 Å². The summed E-state index contributed by atoms with van der Waals surface area (Å²) in [7, 11) is 0. The number of aromatic amines is 1. The van der Waals surface area contributed by atoms with Crippen molar-refractivity contribution in [2.45, 2.75) is 13.8 Å². The van der Waals surface area contributed by atoms with E-state index in [1.807, 2.05) is 26.0 Å². The van der Waals surface area contributed by atoms with Gasteiger partial charge in [-0.1, -0.05) is 23.7 Å². The van der Waals surface area contributed by atoms with Gasteiger partial charge in [-0.3, -0.25) is 9.59 Å². The van der Waals surface area contributed by atoms with Crippen LogP contribution in [0.15, 0.2) is 42.6 Å². The number of Topliss-reactive ketones (excluding diaryl/α,β-unsaturated/α-hetero) is 1. The first-order chi connectivity index (χ1) is 11.0. The van der Waals surface area contributed by atoms with Crippen LogP contribution in [0.5, 0.6) is 0 Å². The molecule has 3 aromatic rings. The average molecular weight is 327 g/mol. The van der Waals surface area contributed by atoms with E-state index >= 15 is 0 Å². The lowest BCUT2D eigenvalue weighted by atomic mass is 10.1. The van der Waals surface area contributed by atoms with Crippen LogP contribution < -0.4 is 5.32 Å². The quantitative estimate of drug-likeness (QED) is 0.558. The van der Waals surface area contributed by atoms with E-state index in [2.05, 4.69) is 10.3 Å². The fraction of sp³-hybridized carbons (Fsp3) is 0.111. The molecule has 1 heterocycles. The van der Waals surface area contributed by atoms with Gasteiger partial charge in [-0.15, -0.1) is 0 Å². The third-order valence-corrected chi connectivity index (χ3v) is 4.09. The molecule has 23 heavy (non-hydrogen) atoms. The number of amides is 1. The molecule has 1 amide bonds. The number of halogens is 1. The van der Waals surface area contributed by atoms with Gasteiger partial charge in [0.25, 0.3) is 11.7 Å². The lowest BCUT2D eigenvalue weighted by molar-refractivity contribution is -0.112. The number of H-pyrrole nitrogens is 1. The van der Waals surface area contributed by atoms with Crippen molar-refractivity contribution in [2.24, 2.45) is 0 Å². The summed E-state index contributed by atoms with van der Waals surface area (Å²) >= 11 is 5.92. The normalized spacial score (nSPS) is 10.7. The maximum atomic E-state index is 12.4. The minimum atomic E-state index is -0.663. The van der Waals surface area contributed by atoms with Gasteiger partial charge in [0, 0.05) is 27.8 Å². The van der Waals surface area contributed by atoms with Crippen LogP contribution in [0.25, 0.3) is 10.9 Å². The third kappa shape index (κ3) is 2.98. The van der Waals surface area contributed by atoms with E-state index in [1.165, 1.54) is 6.20 Å². The van der Waals surface area contributed by atoms with E-state index < -0.39 is 11.7 Å². The summed E-state index contributed by atoms with van der Waals surface area (Å²) in [5.74, 6) is -1.25. The monoisotopic (exact) mass is 326 g/mol. The summed E-state index contributed by atoms with van der Waals surface area (Å²) in [4.78, 5) is 27.6. The topological polar surface area (TPSA) is 62.0 Å². The zero-order chi connectivity index (χ0) is 16.6. The number of hydrogen-bond acceptors (Lipinski definition) is 2. The van der Waals surface area contributed by atoms with Crippen molar-refractivity contribution in [1.29, 1.82) is 0 Å². The zero-order valence-electron chi connectivity index (χ0n) is 12.7. The standard InChI is InChI=1S/C18H15ClN2O2/c1-10-3-5-13(7-11(10)2)21-18(23)17(22)15-9-20-16-8-12(19)4-6-14(15)16/h3-9,20H,1-2H3,(H,21,23). The Hall–Kier alpha value is -2.59. The average Bonchev–Trinajstić information content (AvgIpc) is 2.93. The molecule has 0 bridgehead atoms. The van der Waals surface area contributed by atoms with E-state index in [0.29, 0.717) is 21.7 Å². The van der Waals surface area contributed by atoms with Crippen LogP contribution in [-0.2, 0) is 4.79 Å². The summed E-state index contributed by atoms with van der Waals surface area (Å²) in [6.07, 6.45) is 1.53. The number of fused-ring (bicyclic) bond motifs is 1. The van der Waals surface area contributed by atoms with Crippen molar-refractivity contribution < 1.29 is 9.59 Å². The van der Waals surface area contributed by atoms with Gasteiger partial charge in [0.1, 0.15) is 0 Å². The highest BCUT2D eigenvalue weighted by Gasteiger charge is 2.20. The van der Waals surface area contributed by atoms with Crippen molar-refractivity contribution in [2.75, 3.05) is 5.32 Å². The van der Waals surface area contributed by atoms with Crippen molar-refractivity contribution in [3.05, 3.63) is 64.3 Å². The summed E-state index contributed by atoms with van der Waals surface area (Å²) in [6, 6.07) is 10.7.